The maximum absolute atomic E-state index is 5.58. The van der Waals surface area contributed by atoms with Gasteiger partial charge >= 0.3 is 0 Å². The molecule has 0 saturated carbocycles. The van der Waals surface area contributed by atoms with Gasteiger partial charge in [-0.15, -0.1) is 0 Å². The van der Waals surface area contributed by atoms with Crippen LogP contribution in [0.3, 0.4) is 0 Å². The molecule has 0 atom stereocenters. The Labute approximate surface area is 170 Å². The zero-order chi connectivity index (χ0) is 19.6. The quantitative estimate of drug-likeness (QED) is 0.679. The van der Waals surface area contributed by atoms with Gasteiger partial charge in [-0.1, -0.05) is 29.8 Å². The van der Waals surface area contributed by atoms with Crippen molar-refractivity contribution < 1.29 is 9.47 Å². The topological polar surface area (TPSA) is 55.7 Å². The van der Waals surface area contributed by atoms with Gasteiger partial charge in [0.2, 0.25) is 5.95 Å². The average molecular weight is 393 g/mol. The summed E-state index contributed by atoms with van der Waals surface area (Å²) in [6.07, 6.45) is 2.13. The summed E-state index contributed by atoms with van der Waals surface area (Å²) in [5.41, 5.74) is 4.65. The Morgan fingerprint density at radius 3 is 2.17 bits per heavy atom. The molecule has 0 aliphatic carbocycles. The highest BCUT2D eigenvalue weighted by atomic mass is 16.5. The first-order valence-corrected chi connectivity index (χ1v) is 10.4. The number of hydrogen-bond acceptors (Lipinski definition) is 6. The summed E-state index contributed by atoms with van der Waals surface area (Å²) < 4.78 is 13.4. The monoisotopic (exact) mass is 393 g/mol. The summed E-state index contributed by atoms with van der Waals surface area (Å²) in [6.45, 7) is 9.21. The van der Waals surface area contributed by atoms with Crippen molar-refractivity contribution >= 4 is 22.8 Å². The molecule has 0 unspecified atom stereocenters. The SMILES string of the molecule is Cc1ccc(Cn2ccc3nc(N4CCOCC4)nc(N4CCOCC4)c32)cc1. The average Bonchev–Trinajstić information content (AvgIpc) is 3.18. The van der Waals surface area contributed by atoms with Crippen LogP contribution >= 0.6 is 0 Å². The van der Waals surface area contributed by atoms with Gasteiger partial charge in [-0.05, 0) is 18.6 Å². The number of morpholine rings is 2. The van der Waals surface area contributed by atoms with E-state index in [0.29, 0.717) is 0 Å². The zero-order valence-corrected chi connectivity index (χ0v) is 16.9. The predicted octanol–water partition coefficient (Wildman–Crippen LogP) is 2.46. The summed E-state index contributed by atoms with van der Waals surface area (Å²) in [6, 6.07) is 10.8. The fraction of sp³-hybridized carbons (Fsp3) is 0.455. The van der Waals surface area contributed by atoms with E-state index in [1.165, 1.54) is 11.1 Å². The highest BCUT2D eigenvalue weighted by molar-refractivity contribution is 5.88. The van der Waals surface area contributed by atoms with Crippen LogP contribution in [0.2, 0.25) is 0 Å². The molecule has 4 heterocycles. The van der Waals surface area contributed by atoms with E-state index in [2.05, 4.69) is 57.8 Å². The Morgan fingerprint density at radius 2 is 1.48 bits per heavy atom. The molecule has 1 aromatic carbocycles. The number of benzene rings is 1. The third kappa shape index (κ3) is 3.80. The van der Waals surface area contributed by atoms with E-state index in [1.807, 2.05) is 0 Å². The van der Waals surface area contributed by atoms with Crippen molar-refractivity contribution in [2.24, 2.45) is 0 Å². The van der Waals surface area contributed by atoms with Crippen molar-refractivity contribution in [1.82, 2.24) is 14.5 Å². The van der Waals surface area contributed by atoms with E-state index in [9.17, 15) is 0 Å². The minimum Gasteiger partial charge on any atom is -0.378 e. The Bertz CT molecular complexity index is 973. The van der Waals surface area contributed by atoms with Crippen molar-refractivity contribution in [3.63, 3.8) is 0 Å². The largest absolute Gasteiger partial charge is 0.378 e. The molecule has 5 rings (SSSR count). The minimum atomic E-state index is 0.725. The van der Waals surface area contributed by atoms with Gasteiger partial charge in [-0.3, -0.25) is 0 Å². The van der Waals surface area contributed by atoms with Crippen molar-refractivity contribution in [1.29, 1.82) is 0 Å². The second-order valence-electron chi connectivity index (χ2n) is 7.71. The standard InChI is InChI=1S/C22H27N5O2/c1-17-2-4-18(5-3-17)16-27-7-6-19-20(27)21(25-8-12-28-13-9-25)24-22(23-19)26-10-14-29-15-11-26/h2-7H,8-16H2,1H3. The van der Waals surface area contributed by atoms with Crippen LogP contribution in [0.4, 0.5) is 11.8 Å². The van der Waals surface area contributed by atoms with Gasteiger partial charge in [0.15, 0.2) is 5.82 Å². The van der Waals surface area contributed by atoms with E-state index in [-0.39, 0.29) is 0 Å². The number of anilines is 2. The Kier molecular flexibility index (Phi) is 5.08. The van der Waals surface area contributed by atoms with Crippen LogP contribution in [0.5, 0.6) is 0 Å². The first kappa shape index (κ1) is 18.4. The number of ether oxygens (including phenoxy) is 2. The van der Waals surface area contributed by atoms with Crippen molar-refractivity contribution in [2.75, 3.05) is 62.4 Å². The van der Waals surface area contributed by atoms with Crippen LogP contribution in [-0.4, -0.2) is 67.1 Å². The van der Waals surface area contributed by atoms with E-state index in [4.69, 9.17) is 19.4 Å². The molecule has 2 aliphatic rings. The highest BCUT2D eigenvalue weighted by Gasteiger charge is 2.23. The number of fused-ring (bicyclic) bond motifs is 1. The van der Waals surface area contributed by atoms with Crippen LogP contribution < -0.4 is 9.80 Å². The fourth-order valence-corrected chi connectivity index (χ4v) is 4.00. The van der Waals surface area contributed by atoms with Crippen LogP contribution in [0.15, 0.2) is 36.5 Å². The predicted molar refractivity (Wildman–Crippen MR) is 114 cm³/mol. The molecule has 0 N–H and O–H groups in total. The molecule has 7 nitrogen and oxygen atoms in total. The highest BCUT2D eigenvalue weighted by Crippen LogP contribution is 2.29. The zero-order valence-electron chi connectivity index (χ0n) is 16.9. The Hall–Kier alpha value is -2.64. The molecule has 2 fully saturated rings. The molecule has 7 heteroatoms. The first-order chi connectivity index (χ1) is 14.3. The Morgan fingerprint density at radius 1 is 0.828 bits per heavy atom. The molecule has 2 aromatic heterocycles. The maximum atomic E-state index is 5.58. The molecule has 152 valence electrons. The minimum absolute atomic E-state index is 0.725. The van der Waals surface area contributed by atoms with Crippen LogP contribution in [0.1, 0.15) is 11.1 Å². The summed E-state index contributed by atoms with van der Waals surface area (Å²) in [5, 5.41) is 0. The molecule has 29 heavy (non-hydrogen) atoms. The van der Waals surface area contributed by atoms with Gasteiger partial charge in [0.1, 0.15) is 5.52 Å². The van der Waals surface area contributed by atoms with Crippen molar-refractivity contribution in [3.05, 3.63) is 47.7 Å². The second-order valence-corrected chi connectivity index (χ2v) is 7.71. The molecule has 0 amide bonds. The lowest BCUT2D eigenvalue weighted by Gasteiger charge is -2.31. The molecule has 0 spiro atoms. The van der Waals surface area contributed by atoms with Gasteiger partial charge in [0.25, 0.3) is 0 Å². The van der Waals surface area contributed by atoms with Gasteiger partial charge in [-0.2, -0.15) is 4.98 Å². The molecule has 3 aromatic rings. The van der Waals surface area contributed by atoms with Gasteiger partial charge < -0.3 is 23.8 Å². The van der Waals surface area contributed by atoms with Crippen LogP contribution in [0.25, 0.3) is 11.0 Å². The third-order valence-corrected chi connectivity index (χ3v) is 5.66. The lowest BCUT2D eigenvalue weighted by atomic mass is 10.1. The van der Waals surface area contributed by atoms with E-state index in [0.717, 1.165) is 82.0 Å². The van der Waals surface area contributed by atoms with Crippen LogP contribution in [-0.2, 0) is 16.0 Å². The number of hydrogen-bond donors (Lipinski definition) is 0. The van der Waals surface area contributed by atoms with E-state index in [1.54, 1.807) is 0 Å². The van der Waals surface area contributed by atoms with Gasteiger partial charge in [0, 0.05) is 38.9 Å². The van der Waals surface area contributed by atoms with Crippen molar-refractivity contribution in [3.8, 4) is 0 Å². The van der Waals surface area contributed by atoms with Crippen LogP contribution in [0, 0.1) is 6.92 Å². The smallest absolute Gasteiger partial charge is 0.228 e. The molecule has 2 aliphatic heterocycles. The lowest BCUT2D eigenvalue weighted by Crippen LogP contribution is -2.39. The number of nitrogens with zero attached hydrogens (tertiary/aromatic N) is 5. The second kappa shape index (κ2) is 8.00. The summed E-state index contributed by atoms with van der Waals surface area (Å²) in [4.78, 5) is 14.5. The molecule has 0 radical (unpaired) electrons. The summed E-state index contributed by atoms with van der Waals surface area (Å²) >= 11 is 0. The maximum Gasteiger partial charge on any atom is 0.228 e. The number of aryl methyl sites for hydroxylation is 1. The molecule has 2 saturated heterocycles. The third-order valence-electron chi connectivity index (χ3n) is 5.66. The summed E-state index contributed by atoms with van der Waals surface area (Å²) in [5.74, 6) is 1.81. The van der Waals surface area contributed by atoms with Crippen molar-refractivity contribution in [2.45, 2.75) is 13.5 Å². The molecular formula is C22H27N5O2. The van der Waals surface area contributed by atoms with Gasteiger partial charge in [-0.25, -0.2) is 4.98 Å². The summed E-state index contributed by atoms with van der Waals surface area (Å²) in [7, 11) is 0. The molecular weight excluding hydrogens is 366 g/mol. The fourth-order valence-electron chi connectivity index (χ4n) is 4.00. The van der Waals surface area contributed by atoms with E-state index >= 15 is 0 Å². The van der Waals surface area contributed by atoms with E-state index < -0.39 is 0 Å². The molecule has 0 bridgehead atoms. The lowest BCUT2D eigenvalue weighted by molar-refractivity contribution is 0.121. The van der Waals surface area contributed by atoms with Gasteiger partial charge in [0.05, 0.1) is 31.9 Å². The Balaban J connectivity index is 1.57. The first-order valence-electron chi connectivity index (χ1n) is 10.4. The number of aromatic nitrogens is 3. The number of rotatable bonds is 4. The normalized spacial score (nSPS) is 17.8.